The van der Waals surface area contributed by atoms with Gasteiger partial charge in [0.05, 0.1) is 12.7 Å². The molecule has 0 bridgehead atoms. The molecule has 0 saturated carbocycles. The second-order valence-electron chi connectivity index (χ2n) is 19.5. The Balaban J connectivity index is 4.03. The van der Waals surface area contributed by atoms with E-state index in [1.807, 2.05) is 0 Å². The fraction of sp³-hybridized carbons (Fsp3) is 0.930. The van der Waals surface area contributed by atoms with Crippen LogP contribution in [-0.4, -0.2) is 34.1 Å². The molecule has 3 N–H and O–H groups in total. The summed E-state index contributed by atoms with van der Waals surface area (Å²) in [6, 6.07) is 0. The van der Waals surface area contributed by atoms with E-state index in [1.165, 1.54) is 283 Å². The Bertz CT molecular complexity index is 780. The lowest BCUT2D eigenvalue weighted by Crippen LogP contribution is -2.28. The van der Waals surface area contributed by atoms with Gasteiger partial charge in [-0.3, -0.25) is 0 Å². The number of rotatable bonds is 52. The number of hydrogen-bond acceptors (Lipinski definition) is 3. The molecule has 0 amide bonds. The highest BCUT2D eigenvalue weighted by atomic mass is 16.4. The van der Waals surface area contributed by atoms with E-state index < -0.39 is 12.2 Å². The first kappa shape index (κ1) is 59.4. The van der Waals surface area contributed by atoms with Crippen molar-refractivity contribution in [3.05, 3.63) is 24.3 Å². The molecule has 0 aliphatic rings. The molecule has 0 aromatic carbocycles. The molecule has 3 heteroatoms. The predicted octanol–water partition coefficient (Wildman–Crippen LogP) is 18.8. The molecule has 60 heavy (non-hydrogen) atoms. The van der Waals surface area contributed by atoms with Crippen molar-refractivity contribution in [2.45, 2.75) is 328 Å². The molecule has 3 nitrogen and oxygen atoms in total. The van der Waals surface area contributed by atoms with Crippen molar-refractivity contribution in [3.63, 3.8) is 0 Å². The zero-order valence-corrected chi connectivity index (χ0v) is 41.3. The standard InChI is InChI=1S/C57H112O3/c1-3-5-7-9-11-13-15-17-19-22-26-30-34-38-42-46-50-55(51-47-43-39-35-31-27-23-20-18-16-14-12-10-8-6-4-2)52-48-44-40-36-32-28-24-21-25-29-33-37-41-45-49-53-56(59)57(60)54-58/h17-20,55-60H,3-16,21-54H2,1-2H3/b19-17-,20-18-. The highest BCUT2D eigenvalue weighted by molar-refractivity contribution is 4.82. The SMILES string of the molecule is CCCCCCCC/C=C\CCCCCCCCC(CCCCCCCC/C=C\CCCCCCCC)CCCCCCCCCCCCCCCCCC(O)C(O)CO. The van der Waals surface area contributed by atoms with Crippen molar-refractivity contribution in [1.82, 2.24) is 0 Å². The summed E-state index contributed by atoms with van der Waals surface area (Å²) in [7, 11) is 0. The quantitative estimate of drug-likeness (QED) is 0.0422. The zero-order chi connectivity index (χ0) is 43.5. The Morgan fingerprint density at radius 2 is 0.483 bits per heavy atom. The van der Waals surface area contributed by atoms with Crippen LogP contribution in [0.3, 0.4) is 0 Å². The topological polar surface area (TPSA) is 60.7 Å². The minimum absolute atomic E-state index is 0.348. The molecule has 358 valence electrons. The summed E-state index contributed by atoms with van der Waals surface area (Å²) in [5.41, 5.74) is 0. The number of aliphatic hydroxyl groups excluding tert-OH is 3. The van der Waals surface area contributed by atoms with Gasteiger partial charge in [-0.1, -0.05) is 282 Å². The number of allylic oxidation sites excluding steroid dienone is 4. The summed E-state index contributed by atoms with van der Waals surface area (Å²) in [6.07, 6.45) is 72.7. The molecule has 0 rings (SSSR count). The fourth-order valence-corrected chi connectivity index (χ4v) is 9.19. The lowest BCUT2D eigenvalue weighted by Gasteiger charge is -2.17. The molecule has 0 radical (unpaired) electrons. The third-order valence-corrected chi connectivity index (χ3v) is 13.5. The Labute approximate surface area is 378 Å². The van der Waals surface area contributed by atoms with Gasteiger partial charge in [0.2, 0.25) is 0 Å². The number of unbranched alkanes of at least 4 members (excludes halogenated alkanes) is 38. The van der Waals surface area contributed by atoms with Crippen molar-refractivity contribution >= 4 is 0 Å². The maximum Gasteiger partial charge on any atom is 0.103 e. The summed E-state index contributed by atoms with van der Waals surface area (Å²) in [4.78, 5) is 0. The maximum absolute atomic E-state index is 9.73. The van der Waals surface area contributed by atoms with E-state index in [0.29, 0.717) is 6.42 Å². The smallest absolute Gasteiger partial charge is 0.103 e. The van der Waals surface area contributed by atoms with Gasteiger partial charge >= 0.3 is 0 Å². The average Bonchev–Trinajstić information content (AvgIpc) is 3.26. The van der Waals surface area contributed by atoms with Crippen molar-refractivity contribution in [2.24, 2.45) is 5.92 Å². The van der Waals surface area contributed by atoms with Crippen LogP contribution in [0.25, 0.3) is 0 Å². The van der Waals surface area contributed by atoms with Crippen molar-refractivity contribution in [2.75, 3.05) is 6.61 Å². The minimum Gasteiger partial charge on any atom is -0.394 e. The van der Waals surface area contributed by atoms with Crippen LogP contribution in [0, 0.1) is 5.92 Å². The van der Waals surface area contributed by atoms with Crippen LogP contribution in [0.15, 0.2) is 24.3 Å². The molecule has 0 spiro atoms. The molecule has 0 heterocycles. The van der Waals surface area contributed by atoms with E-state index in [9.17, 15) is 10.2 Å². The van der Waals surface area contributed by atoms with E-state index in [0.717, 1.165) is 18.8 Å². The van der Waals surface area contributed by atoms with Crippen molar-refractivity contribution < 1.29 is 15.3 Å². The largest absolute Gasteiger partial charge is 0.394 e. The molecule has 0 aromatic heterocycles. The van der Waals surface area contributed by atoms with Gasteiger partial charge in [0.15, 0.2) is 0 Å². The van der Waals surface area contributed by atoms with Gasteiger partial charge < -0.3 is 15.3 Å². The van der Waals surface area contributed by atoms with E-state index in [1.54, 1.807) is 0 Å². The lowest BCUT2D eigenvalue weighted by atomic mass is 9.89. The Morgan fingerprint density at radius 1 is 0.267 bits per heavy atom. The third-order valence-electron chi connectivity index (χ3n) is 13.5. The summed E-state index contributed by atoms with van der Waals surface area (Å²) in [5, 5.41) is 28.1. The Morgan fingerprint density at radius 3 is 0.733 bits per heavy atom. The van der Waals surface area contributed by atoms with Gasteiger partial charge in [0.1, 0.15) is 6.10 Å². The van der Waals surface area contributed by atoms with Crippen LogP contribution < -0.4 is 0 Å². The summed E-state index contributed by atoms with van der Waals surface area (Å²) in [6.45, 7) is 4.26. The maximum atomic E-state index is 9.73. The number of hydrogen-bond donors (Lipinski definition) is 3. The Kier molecular flexibility index (Phi) is 52.1. The second-order valence-corrected chi connectivity index (χ2v) is 19.5. The van der Waals surface area contributed by atoms with Crippen LogP contribution in [0.4, 0.5) is 0 Å². The van der Waals surface area contributed by atoms with Crippen molar-refractivity contribution in [3.8, 4) is 0 Å². The number of aliphatic hydroxyl groups is 3. The first-order valence-corrected chi connectivity index (χ1v) is 27.9. The van der Waals surface area contributed by atoms with Gasteiger partial charge in [-0.05, 0) is 63.7 Å². The Hall–Kier alpha value is -0.640. The fourth-order valence-electron chi connectivity index (χ4n) is 9.19. The lowest BCUT2D eigenvalue weighted by molar-refractivity contribution is -0.0185. The molecular weight excluding hydrogens is 733 g/mol. The van der Waals surface area contributed by atoms with E-state index in [4.69, 9.17) is 5.11 Å². The molecule has 0 aromatic rings. The summed E-state index contributed by atoms with van der Waals surface area (Å²) >= 11 is 0. The van der Waals surface area contributed by atoms with Crippen LogP contribution in [0.2, 0.25) is 0 Å². The minimum atomic E-state index is -0.980. The molecular formula is C57H112O3. The first-order valence-electron chi connectivity index (χ1n) is 27.9. The average molecular weight is 846 g/mol. The molecule has 2 unspecified atom stereocenters. The van der Waals surface area contributed by atoms with Gasteiger partial charge in [-0.25, -0.2) is 0 Å². The van der Waals surface area contributed by atoms with Crippen LogP contribution >= 0.6 is 0 Å². The molecule has 0 aliphatic heterocycles. The van der Waals surface area contributed by atoms with Gasteiger partial charge in [-0.15, -0.1) is 0 Å². The monoisotopic (exact) mass is 845 g/mol. The first-order chi connectivity index (χ1) is 29.7. The normalized spacial score (nSPS) is 13.2. The molecule has 0 aliphatic carbocycles. The molecule has 0 fully saturated rings. The van der Waals surface area contributed by atoms with Crippen LogP contribution in [-0.2, 0) is 0 Å². The van der Waals surface area contributed by atoms with E-state index in [2.05, 4.69) is 38.2 Å². The highest BCUT2D eigenvalue weighted by Gasteiger charge is 2.14. The highest BCUT2D eigenvalue weighted by Crippen LogP contribution is 2.25. The third kappa shape index (κ3) is 48.4. The van der Waals surface area contributed by atoms with Gasteiger partial charge in [-0.2, -0.15) is 0 Å². The van der Waals surface area contributed by atoms with E-state index in [-0.39, 0.29) is 6.61 Å². The zero-order valence-electron chi connectivity index (χ0n) is 41.3. The van der Waals surface area contributed by atoms with Gasteiger partial charge in [0.25, 0.3) is 0 Å². The predicted molar refractivity (Wildman–Crippen MR) is 269 cm³/mol. The second kappa shape index (κ2) is 52.7. The van der Waals surface area contributed by atoms with Crippen molar-refractivity contribution in [1.29, 1.82) is 0 Å². The van der Waals surface area contributed by atoms with Crippen LogP contribution in [0.5, 0.6) is 0 Å². The van der Waals surface area contributed by atoms with Crippen LogP contribution in [0.1, 0.15) is 316 Å². The summed E-state index contributed by atoms with van der Waals surface area (Å²) < 4.78 is 0. The van der Waals surface area contributed by atoms with E-state index >= 15 is 0 Å². The molecule has 0 saturated heterocycles. The summed E-state index contributed by atoms with van der Waals surface area (Å²) in [5.74, 6) is 0.984. The molecule has 2 atom stereocenters. The van der Waals surface area contributed by atoms with Gasteiger partial charge in [0, 0.05) is 0 Å².